The maximum atomic E-state index is 11.8. The van der Waals surface area contributed by atoms with Crippen molar-refractivity contribution in [2.45, 2.75) is 25.9 Å². The van der Waals surface area contributed by atoms with Gasteiger partial charge in [-0.3, -0.25) is 4.79 Å². The smallest absolute Gasteiger partial charge is 0.237 e. The van der Waals surface area contributed by atoms with Crippen molar-refractivity contribution in [1.29, 1.82) is 0 Å². The number of aliphatic hydroxyl groups excluding tert-OH is 1. The molecule has 0 heterocycles. The second-order valence-electron chi connectivity index (χ2n) is 4.42. The molecule has 1 amide bonds. The van der Waals surface area contributed by atoms with Crippen LogP contribution >= 0.6 is 0 Å². The van der Waals surface area contributed by atoms with E-state index in [1.54, 1.807) is 0 Å². The van der Waals surface area contributed by atoms with E-state index in [0.29, 0.717) is 0 Å². The molecule has 0 radical (unpaired) electrons. The minimum Gasteiger partial charge on any atom is -0.394 e. The molecular weight excluding hydrogens is 216 g/mol. The Hall–Kier alpha value is -1.39. The molecular formula is C13H20N2O2. The minimum absolute atomic E-state index is 0.0742. The lowest BCUT2D eigenvalue weighted by Gasteiger charge is -2.21. The number of aliphatic hydroxyl groups is 1. The molecule has 4 heteroatoms. The van der Waals surface area contributed by atoms with E-state index in [2.05, 4.69) is 5.32 Å². The first-order valence-electron chi connectivity index (χ1n) is 5.78. The van der Waals surface area contributed by atoms with Crippen LogP contribution < -0.4 is 11.1 Å². The third-order valence-corrected chi connectivity index (χ3v) is 2.72. The summed E-state index contributed by atoms with van der Waals surface area (Å²) in [5.41, 5.74) is 6.62. The molecule has 0 aliphatic carbocycles. The number of benzene rings is 1. The summed E-state index contributed by atoms with van der Waals surface area (Å²) in [6, 6.07) is 8.41. The number of hydrogen-bond acceptors (Lipinski definition) is 3. The van der Waals surface area contributed by atoms with Gasteiger partial charge >= 0.3 is 0 Å². The zero-order valence-electron chi connectivity index (χ0n) is 10.3. The van der Waals surface area contributed by atoms with E-state index in [1.807, 2.05) is 44.2 Å². The van der Waals surface area contributed by atoms with Crippen LogP contribution in [0.1, 0.15) is 25.5 Å². The maximum absolute atomic E-state index is 11.8. The van der Waals surface area contributed by atoms with Gasteiger partial charge in [-0.25, -0.2) is 0 Å². The molecule has 1 aromatic carbocycles. The lowest BCUT2D eigenvalue weighted by molar-refractivity contribution is -0.124. The van der Waals surface area contributed by atoms with Gasteiger partial charge in [0.15, 0.2) is 0 Å². The van der Waals surface area contributed by atoms with Crippen molar-refractivity contribution in [1.82, 2.24) is 5.32 Å². The third kappa shape index (κ3) is 3.84. The summed E-state index contributed by atoms with van der Waals surface area (Å²) in [5.74, 6) is -0.159. The van der Waals surface area contributed by atoms with Crippen LogP contribution in [0.25, 0.3) is 0 Å². The van der Waals surface area contributed by atoms with Crippen LogP contribution in [0, 0.1) is 5.92 Å². The number of nitrogens with two attached hydrogens (primary N) is 1. The first kappa shape index (κ1) is 13.7. The summed E-state index contributed by atoms with van der Waals surface area (Å²) >= 11 is 0. The number of nitrogens with one attached hydrogen (secondary N) is 1. The Kier molecular flexibility index (Phi) is 5.12. The molecule has 0 fully saturated rings. The molecule has 2 atom stereocenters. The molecule has 0 saturated carbocycles. The molecule has 4 N–H and O–H groups in total. The van der Waals surface area contributed by atoms with Crippen molar-refractivity contribution in [3.63, 3.8) is 0 Å². The number of hydrogen-bond donors (Lipinski definition) is 3. The fourth-order valence-corrected chi connectivity index (χ4v) is 1.49. The van der Waals surface area contributed by atoms with Gasteiger partial charge in [-0.15, -0.1) is 0 Å². The Labute approximate surface area is 102 Å². The molecule has 4 nitrogen and oxygen atoms in total. The van der Waals surface area contributed by atoms with Crippen LogP contribution in [0.4, 0.5) is 0 Å². The van der Waals surface area contributed by atoms with Crippen molar-refractivity contribution in [2.75, 3.05) is 6.61 Å². The third-order valence-electron chi connectivity index (χ3n) is 2.72. The summed E-state index contributed by atoms with van der Waals surface area (Å²) in [4.78, 5) is 11.8. The van der Waals surface area contributed by atoms with Crippen molar-refractivity contribution in [3.05, 3.63) is 35.9 Å². The van der Waals surface area contributed by atoms with Crippen molar-refractivity contribution < 1.29 is 9.90 Å². The minimum atomic E-state index is -0.548. The predicted octanol–water partition coefficient (Wildman–Crippen LogP) is 0.819. The van der Waals surface area contributed by atoms with E-state index < -0.39 is 12.1 Å². The zero-order chi connectivity index (χ0) is 12.8. The van der Waals surface area contributed by atoms with E-state index in [0.717, 1.165) is 5.56 Å². The summed E-state index contributed by atoms with van der Waals surface area (Å²) in [7, 11) is 0. The standard InChI is InChI=1S/C13H20N2O2/c1-9(2)12(14)13(17)15-11(8-16)10-6-4-3-5-7-10/h3-7,9,11-12,16H,8,14H2,1-2H3,(H,15,17)/t11-,12+/m1/s1. The quantitative estimate of drug-likeness (QED) is 0.708. The highest BCUT2D eigenvalue weighted by Gasteiger charge is 2.20. The second-order valence-corrected chi connectivity index (χ2v) is 4.42. The molecule has 94 valence electrons. The normalized spacial score (nSPS) is 14.4. The maximum Gasteiger partial charge on any atom is 0.237 e. The molecule has 1 aromatic rings. The van der Waals surface area contributed by atoms with Gasteiger partial charge < -0.3 is 16.2 Å². The predicted molar refractivity (Wildman–Crippen MR) is 67.2 cm³/mol. The summed E-state index contributed by atoms with van der Waals surface area (Å²) in [6.45, 7) is 3.64. The van der Waals surface area contributed by atoms with Gasteiger partial charge in [0.1, 0.15) is 0 Å². The number of amides is 1. The van der Waals surface area contributed by atoms with Gasteiger partial charge in [0, 0.05) is 0 Å². The van der Waals surface area contributed by atoms with Crippen LogP contribution in [0.3, 0.4) is 0 Å². The molecule has 0 bridgehead atoms. The first-order chi connectivity index (χ1) is 8.06. The molecule has 17 heavy (non-hydrogen) atoms. The topological polar surface area (TPSA) is 75.4 Å². The second kappa shape index (κ2) is 6.37. The summed E-state index contributed by atoms with van der Waals surface area (Å²) in [5, 5.41) is 12.0. The Morgan fingerprint density at radius 1 is 1.35 bits per heavy atom. The van der Waals surface area contributed by atoms with E-state index in [1.165, 1.54) is 0 Å². The fraction of sp³-hybridized carbons (Fsp3) is 0.462. The summed E-state index contributed by atoms with van der Waals surface area (Å²) < 4.78 is 0. The van der Waals surface area contributed by atoms with Crippen LogP contribution in [0.15, 0.2) is 30.3 Å². The molecule has 0 aromatic heterocycles. The SMILES string of the molecule is CC(C)[C@H](N)C(=O)N[C@H](CO)c1ccccc1. The zero-order valence-corrected chi connectivity index (χ0v) is 10.3. The van der Waals surface area contributed by atoms with E-state index in [9.17, 15) is 9.90 Å². The first-order valence-corrected chi connectivity index (χ1v) is 5.78. The average Bonchev–Trinajstić information content (AvgIpc) is 2.35. The van der Waals surface area contributed by atoms with E-state index in [4.69, 9.17) is 5.73 Å². The van der Waals surface area contributed by atoms with Crippen LogP contribution in [0.5, 0.6) is 0 Å². The summed E-state index contributed by atoms with van der Waals surface area (Å²) in [6.07, 6.45) is 0. The molecule has 0 aliphatic rings. The fourth-order valence-electron chi connectivity index (χ4n) is 1.49. The largest absolute Gasteiger partial charge is 0.394 e. The number of carbonyl (C=O) groups is 1. The van der Waals surface area contributed by atoms with Crippen LogP contribution in [-0.4, -0.2) is 23.7 Å². The van der Waals surface area contributed by atoms with Gasteiger partial charge in [0.05, 0.1) is 18.7 Å². The van der Waals surface area contributed by atoms with Gasteiger partial charge in [-0.05, 0) is 11.5 Å². The Bertz CT molecular complexity index is 352. The number of rotatable bonds is 5. The molecule has 0 aliphatic heterocycles. The Morgan fingerprint density at radius 2 is 1.94 bits per heavy atom. The average molecular weight is 236 g/mol. The molecule has 1 rings (SSSR count). The Balaban J connectivity index is 2.68. The highest BCUT2D eigenvalue weighted by molar-refractivity contribution is 5.82. The van der Waals surface area contributed by atoms with Gasteiger partial charge in [0.2, 0.25) is 5.91 Å². The van der Waals surface area contributed by atoms with Crippen LogP contribution in [0.2, 0.25) is 0 Å². The molecule has 0 saturated heterocycles. The molecule has 0 spiro atoms. The lowest BCUT2D eigenvalue weighted by Crippen LogP contribution is -2.45. The lowest BCUT2D eigenvalue weighted by atomic mass is 10.0. The van der Waals surface area contributed by atoms with E-state index in [-0.39, 0.29) is 18.4 Å². The molecule has 0 unspecified atom stereocenters. The monoisotopic (exact) mass is 236 g/mol. The highest BCUT2D eigenvalue weighted by Crippen LogP contribution is 2.12. The van der Waals surface area contributed by atoms with Gasteiger partial charge in [-0.2, -0.15) is 0 Å². The van der Waals surface area contributed by atoms with Gasteiger partial charge in [0.25, 0.3) is 0 Å². The van der Waals surface area contributed by atoms with Crippen molar-refractivity contribution in [2.24, 2.45) is 11.7 Å². The van der Waals surface area contributed by atoms with Crippen molar-refractivity contribution in [3.8, 4) is 0 Å². The van der Waals surface area contributed by atoms with Crippen molar-refractivity contribution >= 4 is 5.91 Å². The highest BCUT2D eigenvalue weighted by atomic mass is 16.3. The van der Waals surface area contributed by atoms with E-state index >= 15 is 0 Å². The van der Waals surface area contributed by atoms with Gasteiger partial charge in [-0.1, -0.05) is 44.2 Å². The van der Waals surface area contributed by atoms with Crippen LogP contribution in [-0.2, 0) is 4.79 Å². The number of carbonyl (C=O) groups excluding carboxylic acids is 1. The Morgan fingerprint density at radius 3 is 2.41 bits per heavy atom.